The lowest BCUT2D eigenvalue weighted by Gasteiger charge is -2.35. The highest BCUT2D eigenvalue weighted by Crippen LogP contribution is 2.29. The normalized spacial score (nSPS) is 17.1. The second-order valence-corrected chi connectivity index (χ2v) is 11.1. The van der Waals surface area contributed by atoms with Crippen LogP contribution in [0.4, 0.5) is 10.9 Å². The molecule has 1 aliphatic rings. The second kappa shape index (κ2) is 9.14. The van der Waals surface area contributed by atoms with Gasteiger partial charge >= 0.3 is 0 Å². The number of carbonyl (C=O) groups excluding carboxylic acids is 1. The maximum absolute atomic E-state index is 13.0. The number of Topliss-reactive ketones (excluding diaryl/α,β-unsaturated/α-hetero) is 1. The quantitative estimate of drug-likeness (QED) is 0.527. The average molecular weight is 478 g/mol. The fourth-order valence-electron chi connectivity index (χ4n) is 3.96. The number of rotatable bonds is 7. The van der Waals surface area contributed by atoms with E-state index in [4.69, 9.17) is 11.6 Å². The third-order valence-corrected chi connectivity index (χ3v) is 8.42. The Kier molecular flexibility index (Phi) is 6.50. The number of nitrogens with one attached hydrogen (secondary N) is 1. The van der Waals surface area contributed by atoms with Gasteiger partial charge in [0.05, 0.1) is 16.7 Å². The lowest BCUT2D eigenvalue weighted by atomic mass is 9.97. The molecule has 1 N–H and O–H groups in total. The van der Waals surface area contributed by atoms with Gasteiger partial charge in [-0.05, 0) is 54.3 Å². The summed E-state index contributed by atoms with van der Waals surface area (Å²) in [5.41, 5.74) is 0. The van der Waals surface area contributed by atoms with Crippen LogP contribution >= 0.6 is 22.9 Å². The minimum Gasteiger partial charge on any atom is -0.365 e. The SMILES string of the molecule is CNc1nc(N2CCCCC2C(=O)CCS(=O)(=O)c2ccc3cc(Cl)ccc3c2)cs1. The number of aromatic nitrogens is 1. The molecule has 6 nitrogen and oxygen atoms in total. The van der Waals surface area contributed by atoms with Crippen LogP contribution in [0.1, 0.15) is 25.7 Å². The van der Waals surface area contributed by atoms with Gasteiger partial charge in [0.25, 0.3) is 0 Å². The molecule has 2 aromatic carbocycles. The van der Waals surface area contributed by atoms with Crippen LogP contribution in [0.25, 0.3) is 10.8 Å². The monoisotopic (exact) mass is 477 g/mol. The summed E-state index contributed by atoms with van der Waals surface area (Å²) in [6.07, 6.45) is 2.67. The molecule has 0 amide bonds. The Morgan fingerprint density at radius 3 is 2.77 bits per heavy atom. The molecule has 0 aliphatic carbocycles. The van der Waals surface area contributed by atoms with Crippen molar-refractivity contribution in [1.29, 1.82) is 0 Å². The van der Waals surface area contributed by atoms with Crippen LogP contribution in [0.5, 0.6) is 0 Å². The van der Waals surface area contributed by atoms with Gasteiger partial charge in [0.2, 0.25) is 0 Å². The van der Waals surface area contributed by atoms with E-state index < -0.39 is 9.84 Å². The number of fused-ring (bicyclic) bond motifs is 1. The number of ketones is 1. The Labute approximate surface area is 191 Å². The first-order valence-corrected chi connectivity index (χ1v) is 13.1. The summed E-state index contributed by atoms with van der Waals surface area (Å²) < 4.78 is 25.8. The van der Waals surface area contributed by atoms with Gasteiger partial charge in [0.1, 0.15) is 5.82 Å². The zero-order valence-electron chi connectivity index (χ0n) is 17.2. The van der Waals surface area contributed by atoms with E-state index in [1.807, 2.05) is 17.3 Å². The van der Waals surface area contributed by atoms with Gasteiger partial charge in [-0.25, -0.2) is 13.4 Å². The molecule has 1 aliphatic heterocycles. The molecule has 2 heterocycles. The summed E-state index contributed by atoms with van der Waals surface area (Å²) >= 11 is 7.50. The van der Waals surface area contributed by atoms with Crippen molar-refractivity contribution in [2.75, 3.05) is 29.6 Å². The Bertz CT molecular complexity index is 1210. The summed E-state index contributed by atoms with van der Waals surface area (Å²) in [5, 5.41) is 8.04. The summed E-state index contributed by atoms with van der Waals surface area (Å²) in [5.74, 6) is 0.534. The predicted octanol–water partition coefficient (Wildman–Crippen LogP) is 4.78. The highest BCUT2D eigenvalue weighted by atomic mass is 35.5. The topological polar surface area (TPSA) is 79.4 Å². The standard InChI is InChI=1S/C22H24ClN3O3S2/c1-24-22-25-21(14-30-22)26-10-3-2-4-19(26)20(27)9-11-31(28,29)18-8-6-15-12-17(23)7-5-16(15)13-18/h5-8,12-14,19H,2-4,9-11H2,1H3,(H,24,25). The largest absolute Gasteiger partial charge is 0.365 e. The molecule has 9 heteroatoms. The van der Waals surface area contributed by atoms with E-state index in [2.05, 4.69) is 10.3 Å². The minimum absolute atomic E-state index is 0.00875. The zero-order chi connectivity index (χ0) is 22.0. The molecule has 0 saturated carbocycles. The lowest BCUT2D eigenvalue weighted by molar-refractivity contribution is -0.120. The minimum atomic E-state index is -3.57. The summed E-state index contributed by atoms with van der Waals surface area (Å²) in [6, 6.07) is 9.99. The molecular formula is C22H24ClN3O3S2. The van der Waals surface area contributed by atoms with Crippen molar-refractivity contribution in [3.63, 3.8) is 0 Å². The number of piperidine rings is 1. The molecule has 0 radical (unpaired) electrons. The van der Waals surface area contributed by atoms with E-state index in [0.29, 0.717) is 5.02 Å². The van der Waals surface area contributed by atoms with Crippen LogP contribution in [0.2, 0.25) is 5.02 Å². The van der Waals surface area contributed by atoms with E-state index in [9.17, 15) is 13.2 Å². The van der Waals surface area contributed by atoms with E-state index in [1.165, 1.54) is 11.3 Å². The summed E-state index contributed by atoms with van der Waals surface area (Å²) in [7, 11) is -1.76. The van der Waals surface area contributed by atoms with E-state index in [-0.39, 0.29) is 28.9 Å². The van der Waals surface area contributed by atoms with Crippen LogP contribution in [-0.4, -0.2) is 44.6 Å². The first kappa shape index (κ1) is 22.0. The molecule has 1 unspecified atom stereocenters. The Morgan fingerprint density at radius 1 is 1.23 bits per heavy atom. The molecule has 1 atom stereocenters. The smallest absolute Gasteiger partial charge is 0.184 e. The molecule has 4 rings (SSSR count). The summed E-state index contributed by atoms with van der Waals surface area (Å²) in [6.45, 7) is 0.753. The van der Waals surface area contributed by atoms with Gasteiger partial charge in [0, 0.05) is 30.4 Å². The first-order valence-electron chi connectivity index (χ1n) is 10.2. The van der Waals surface area contributed by atoms with E-state index >= 15 is 0 Å². The summed E-state index contributed by atoms with van der Waals surface area (Å²) in [4.78, 5) is 19.8. The van der Waals surface area contributed by atoms with Crippen LogP contribution in [0.3, 0.4) is 0 Å². The molecule has 3 aromatic rings. The molecule has 1 saturated heterocycles. The van der Waals surface area contributed by atoms with E-state index in [1.54, 1.807) is 36.4 Å². The fourth-order valence-corrected chi connectivity index (χ4v) is 6.10. The molecule has 0 spiro atoms. The van der Waals surface area contributed by atoms with Crippen LogP contribution in [-0.2, 0) is 14.6 Å². The molecule has 31 heavy (non-hydrogen) atoms. The average Bonchev–Trinajstić information content (AvgIpc) is 3.26. The Morgan fingerprint density at radius 2 is 2.00 bits per heavy atom. The maximum atomic E-state index is 13.0. The fraction of sp³-hybridized carbons (Fsp3) is 0.364. The number of anilines is 2. The number of nitrogens with zero attached hydrogens (tertiary/aromatic N) is 2. The number of hydrogen-bond acceptors (Lipinski definition) is 7. The number of thiazole rings is 1. The highest BCUT2D eigenvalue weighted by molar-refractivity contribution is 7.91. The van der Waals surface area contributed by atoms with Crippen molar-refractivity contribution in [3.05, 3.63) is 46.8 Å². The third-order valence-electron chi connectivity index (χ3n) is 5.62. The molecular weight excluding hydrogens is 454 g/mol. The molecule has 0 bridgehead atoms. The highest BCUT2D eigenvalue weighted by Gasteiger charge is 2.31. The van der Waals surface area contributed by atoms with Crippen molar-refractivity contribution in [2.24, 2.45) is 0 Å². The predicted molar refractivity (Wildman–Crippen MR) is 127 cm³/mol. The second-order valence-electron chi connectivity index (χ2n) is 7.65. The van der Waals surface area contributed by atoms with Gasteiger partial charge in [-0.3, -0.25) is 4.79 Å². The first-order chi connectivity index (χ1) is 14.9. The molecule has 1 fully saturated rings. The number of hydrogen-bond donors (Lipinski definition) is 1. The third kappa shape index (κ3) is 4.86. The number of carbonyl (C=O) groups is 1. The van der Waals surface area contributed by atoms with Gasteiger partial charge < -0.3 is 10.2 Å². The molecule has 1 aromatic heterocycles. The van der Waals surface area contributed by atoms with Crippen molar-refractivity contribution >= 4 is 60.3 Å². The number of halogens is 1. The lowest BCUT2D eigenvalue weighted by Crippen LogP contribution is -2.45. The Balaban J connectivity index is 1.48. The maximum Gasteiger partial charge on any atom is 0.184 e. The van der Waals surface area contributed by atoms with Crippen LogP contribution in [0.15, 0.2) is 46.7 Å². The zero-order valence-corrected chi connectivity index (χ0v) is 19.6. The van der Waals surface area contributed by atoms with Crippen LogP contribution in [0, 0.1) is 0 Å². The number of benzene rings is 2. The van der Waals surface area contributed by atoms with Gasteiger partial charge in [-0.2, -0.15) is 0 Å². The number of sulfone groups is 1. The van der Waals surface area contributed by atoms with Crippen LogP contribution < -0.4 is 10.2 Å². The van der Waals surface area contributed by atoms with Gasteiger partial charge in [0.15, 0.2) is 20.8 Å². The van der Waals surface area contributed by atoms with Crippen molar-refractivity contribution in [2.45, 2.75) is 36.6 Å². The van der Waals surface area contributed by atoms with Crippen molar-refractivity contribution in [1.82, 2.24) is 4.98 Å². The molecule has 164 valence electrons. The van der Waals surface area contributed by atoms with Gasteiger partial charge in [-0.1, -0.05) is 23.7 Å². The van der Waals surface area contributed by atoms with Crippen molar-refractivity contribution < 1.29 is 13.2 Å². The van der Waals surface area contributed by atoms with Crippen molar-refractivity contribution in [3.8, 4) is 0 Å². The Hall–Kier alpha value is -2.16. The van der Waals surface area contributed by atoms with E-state index in [0.717, 1.165) is 47.5 Å². The van der Waals surface area contributed by atoms with Gasteiger partial charge in [-0.15, -0.1) is 11.3 Å².